The van der Waals surface area contributed by atoms with Crippen molar-refractivity contribution in [2.45, 2.75) is 50.1 Å². The number of rotatable bonds is 2. The molecule has 0 radical (unpaired) electrons. The van der Waals surface area contributed by atoms with Crippen molar-refractivity contribution in [1.82, 2.24) is 9.80 Å². The van der Waals surface area contributed by atoms with Gasteiger partial charge in [-0.25, -0.2) is 0 Å². The van der Waals surface area contributed by atoms with E-state index in [9.17, 15) is 4.79 Å². The summed E-state index contributed by atoms with van der Waals surface area (Å²) in [7, 11) is 2.21. The molecule has 3 heterocycles. The molecule has 7 heteroatoms. The highest BCUT2D eigenvalue weighted by Crippen LogP contribution is 2.47. The molecule has 0 aliphatic carbocycles. The zero-order valence-electron chi connectivity index (χ0n) is 15.2. The van der Waals surface area contributed by atoms with Gasteiger partial charge in [-0.05, 0) is 62.8 Å². The van der Waals surface area contributed by atoms with E-state index >= 15 is 0 Å². The standard InChI is InChI=1S/C19H25ClN2O.ClH.2H2O/c1-21-15-8-9-17(21)18(19(23)22-10-2-3-11-22)16(12-15)13-4-6-14(20)7-5-13;;;/h4-7,15-18H,2-3,8-12H2,1H3;1H;2*1H2. The number of piperidine rings is 1. The van der Waals surface area contributed by atoms with Crippen molar-refractivity contribution in [2.24, 2.45) is 5.92 Å². The topological polar surface area (TPSA) is 86.6 Å². The van der Waals surface area contributed by atoms with Gasteiger partial charge in [-0.2, -0.15) is 0 Å². The van der Waals surface area contributed by atoms with Gasteiger partial charge in [0.25, 0.3) is 0 Å². The van der Waals surface area contributed by atoms with Crippen LogP contribution in [0.5, 0.6) is 0 Å². The lowest BCUT2D eigenvalue weighted by atomic mass is 9.75. The number of fused-ring (bicyclic) bond motifs is 2. The summed E-state index contributed by atoms with van der Waals surface area (Å²) >= 11 is 6.06. The average Bonchev–Trinajstić information content (AvgIpc) is 3.15. The maximum Gasteiger partial charge on any atom is 0.227 e. The molecule has 3 aliphatic heterocycles. The Bertz CT molecular complexity index is 593. The second kappa shape index (κ2) is 9.38. The Morgan fingerprint density at radius 1 is 1.08 bits per heavy atom. The Morgan fingerprint density at radius 2 is 1.69 bits per heavy atom. The first-order chi connectivity index (χ1) is 11.1. The van der Waals surface area contributed by atoms with Crippen LogP contribution in [0, 0.1) is 5.92 Å². The maximum absolute atomic E-state index is 13.3. The largest absolute Gasteiger partial charge is 0.412 e. The molecule has 1 aromatic carbocycles. The molecule has 2 bridgehead atoms. The number of hydrogen-bond donors (Lipinski definition) is 0. The molecule has 0 spiro atoms. The number of carbonyl (C=O) groups excluding carboxylic acids is 1. The van der Waals surface area contributed by atoms with Crippen molar-refractivity contribution in [1.29, 1.82) is 0 Å². The van der Waals surface area contributed by atoms with Gasteiger partial charge in [0.15, 0.2) is 0 Å². The van der Waals surface area contributed by atoms with E-state index in [1.165, 1.54) is 12.0 Å². The first kappa shape index (κ1) is 23.2. The van der Waals surface area contributed by atoms with Gasteiger partial charge in [-0.15, -0.1) is 12.4 Å². The van der Waals surface area contributed by atoms with E-state index < -0.39 is 0 Å². The fourth-order valence-corrected chi connectivity index (χ4v) is 5.13. The predicted octanol–water partition coefficient (Wildman–Crippen LogP) is 2.30. The zero-order chi connectivity index (χ0) is 16.0. The van der Waals surface area contributed by atoms with Gasteiger partial charge in [0.05, 0.1) is 5.92 Å². The molecule has 26 heavy (non-hydrogen) atoms. The molecule has 3 fully saturated rings. The first-order valence-corrected chi connectivity index (χ1v) is 9.29. The van der Waals surface area contributed by atoms with E-state index in [0.29, 0.717) is 23.9 Å². The molecule has 0 aromatic heterocycles. The average molecular weight is 405 g/mol. The first-order valence-electron chi connectivity index (χ1n) is 8.91. The molecule has 1 aromatic rings. The number of amides is 1. The quantitative estimate of drug-likeness (QED) is 0.756. The van der Waals surface area contributed by atoms with Crippen molar-refractivity contribution in [3.05, 3.63) is 34.9 Å². The molecular formula is C19H30Cl2N2O3. The molecule has 3 aliphatic rings. The maximum atomic E-state index is 13.3. The van der Waals surface area contributed by atoms with Gasteiger partial charge in [0.2, 0.25) is 5.91 Å². The zero-order valence-corrected chi connectivity index (χ0v) is 16.7. The highest BCUT2D eigenvalue weighted by Gasteiger charge is 2.50. The monoisotopic (exact) mass is 404 g/mol. The minimum atomic E-state index is 0. The summed E-state index contributed by atoms with van der Waals surface area (Å²) in [6, 6.07) is 9.22. The Hall–Kier alpha value is -0.850. The lowest BCUT2D eigenvalue weighted by Gasteiger charge is -2.43. The van der Waals surface area contributed by atoms with E-state index in [-0.39, 0.29) is 29.3 Å². The molecule has 4 N–H and O–H groups in total. The summed E-state index contributed by atoms with van der Waals surface area (Å²) in [5.74, 6) is 0.840. The number of likely N-dealkylation sites (tertiary alicyclic amines) is 1. The van der Waals surface area contributed by atoms with Gasteiger partial charge in [-0.1, -0.05) is 23.7 Å². The number of benzene rings is 1. The minimum Gasteiger partial charge on any atom is -0.412 e. The number of halogens is 2. The minimum absolute atomic E-state index is 0. The van der Waals surface area contributed by atoms with Crippen molar-refractivity contribution in [3.8, 4) is 0 Å². The molecule has 3 saturated heterocycles. The molecule has 148 valence electrons. The lowest BCUT2D eigenvalue weighted by molar-refractivity contribution is -0.139. The third kappa shape index (κ3) is 4.02. The van der Waals surface area contributed by atoms with Crippen LogP contribution < -0.4 is 0 Å². The van der Waals surface area contributed by atoms with Crippen LogP contribution >= 0.6 is 24.0 Å². The Kier molecular flexibility index (Phi) is 8.36. The summed E-state index contributed by atoms with van der Waals surface area (Å²) in [6.45, 7) is 1.89. The molecule has 4 rings (SSSR count). The van der Waals surface area contributed by atoms with Crippen molar-refractivity contribution in [3.63, 3.8) is 0 Å². The molecule has 0 saturated carbocycles. The highest BCUT2D eigenvalue weighted by atomic mass is 35.5. The van der Waals surface area contributed by atoms with Crippen LogP contribution in [0.4, 0.5) is 0 Å². The molecule has 1 amide bonds. The number of nitrogens with zero attached hydrogens (tertiary/aromatic N) is 2. The Labute approximate surface area is 166 Å². The molecule has 4 unspecified atom stereocenters. The lowest BCUT2D eigenvalue weighted by Crippen LogP contribution is -2.52. The third-order valence-electron chi connectivity index (χ3n) is 6.27. The molecular weight excluding hydrogens is 375 g/mol. The SMILES string of the molecule is CN1C2CCC1C(C(=O)N1CCCC1)C(c1ccc(Cl)cc1)C2.Cl.O.O. The smallest absolute Gasteiger partial charge is 0.227 e. The summed E-state index contributed by atoms with van der Waals surface area (Å²) in [5, 5.41) is 0.770. The van der Waals surface area contributed by atoms with Gasteiger partial charge < -0.3 is 15.9 Å². The molecule has 5 nitrogen and oxygen atoms in total. The van der Waals surface area contributed by atoms with Gasteiger partial charge in [0, 0.05) is 30.2 Å². The van der Waals surface area contributed by atoms with Crippen molar-refractivity contribution in [2.75, 3.05) is 20.1 Å². The Balaban J connectivity index is 0.00000113. The van der Waals surface area contributed by atoms with E-state index in [2.05, 4.69) is 29.0 Å². The second-order valence-electron chi connectivity index (χ2n) is 7.42. The predicted molar refractivity (Wildman–Crippen MR) is 107 cm³/mol. The van der Waals surface area contributed by atoms with Gasteiger partial charge in [0.1, 0.15) is 0 Å². The second-order valence-corrected chi connectivity index (χ2v) is 7.85. The van der Waals surface area contributed by atoms with Crippen LogP contribution in [0.15, 0.2) is 24.3 Å². The highest BCUT2D eigenvalue weighted by molar-refractivity contribution is 6.30. The summed E-state index contributed by atoms with van der Waals surface area (Å²) in [6.07, 6.45) is 5.81. The number of carbonyl (C=O) groups is 1. The van der Waals surface area contributed by atoms with Crippen LogP contribution in [0.3, 0.4) is 0 Å². The fourth-order valence-electron chi connectivity index (χ4n) is 5.00. The van der Waals surface area contributed by atoms with Gasteiger partial charge >= 0.3 is 0 Å². The van der Waals surface area contributed by atoms with Gasteiger partial charge in [-0.3, -0.25) is 9.69 Å². The van der Waals surface area contributed by atoms with E-state index in [0.717, 1.165) is 43.8 Å². The Morgan fingerprint density at radius 3 is 2.31 bits per heavy atom. The summed E-state index contributed by atoms with van der Waals surface area (Å²) < 4.78 is 0. The van der Waals surface area contributed by atoms with Crippen molar-refractivity contribution >= 4 is 29.9 Å². The summed E-state index contributed by atoms with van der Waals surface area (Å²) in [5.41, 5.74) is 1.29. The normalized spacial score (nSPS) is 30.2. The van der Waals surface area contributed by atoms with Crippen LogP contribution in [0.2, 0.25) is 5.02 Å². The van der Waals surface area contributed by atoms with E-state index in [1.54, 1.807) is 0 Å². The fraction of sp³-hybridized carbons (Fsp3) is 0.632. The third-order valence-corrected chi connectivity index (χ3v) is 6.52. The summed E-state index contributed by atoms with van der Waals surface area (Å²) in [4.78, 5) is 17.8. The molecule has 4 atom stereocenters. The number of hydrogen-bond acceptors (Lipinski definition) is 2. The van der Waals surface area contributed by atoms with Crippen molar-refractivity contribution < 1.29 is 15.7 Å². The van der Waals surface area contributed by atoms with Crippen LogP contribution in [-0.2, 0) is 4.79 Å². The van der Waals surface area contributed by atoms with Crippen LogP contribution in [-0.4, -0.2) is 58.9 Å². The van der Waals surface area contributed by atoms with Crippen LogP contribution in [0.25, 0.3) is 0 Å². The van der Waals surface area contributed by atoms with E-state index in [1.807, 2.05) is 12.1 Å². The van der Waals surface area contributed by atoms with E-state index in [4.69, 9.17) is 11.6 Å². The van der Waals surface area contributed by atoms with Crippen LogP contribution in [0.1, 0.15) is 43.6 Å².